The van der Waals surface area contributed by atoms with Crippen LogP contribution in [0.4, 0.5) is 0 Å². The van der Waals surface area contributed by atoms with Crippen molar-refractivity contribution in [1.29, 1.82) is 0 Å². The molecule has 4 nitrogen and oxygen atoms in total. The van der Waals surface area contributed by atoms with Crippen LogP contribution in [0.15, 0.2) is 47.8 Å². The molecule has 1 unspecified atom stereocenters. The zero-order chi connectivity index (χ0) is 18.5. The molecule has 0 spiro atoms. The quantitative estimate of drug-likeness (QED) is 0.433. The van der Waals surface area contributed by atoms with E-state index in [1.807, 2.05) is 31.2 Å². The highest BCUT2D eigenvalue weighted by molar-refractivity contribution is 7.41. The van der Waals surface area contributed by atoms with Crippen LogP contribution in [-0.4, -0.2) is 36.6 Å². The lowest BCUT2D eigenvalue weighted by Crippen LogP contribution is -2.26. The van der Waals surface area contributed by atoms with E-state index in [9.17, 15) is 4.79 Å². The third kappa shape index (κ3) is 8.85. The SMILES string of the molecule is C/C=C\C(=C/PCC)CCOc1ccc(C[C@H](OCC)C(=O)O)cc1. The number of hydrogen-bond donors (Lipinski definition) is 1. The van der Waals surface area contributed by atoms with Gasteiger partial charge < -0.3 is 14.6 Å². The smallest absolute Gasteiger partial charge is 0.333 e. The summed E-state index contributed by atoms with van der Waals surface area (Å²) in [7, 11) is 0.847. The van der Waals surface area contributed by atoms with Gasteiger partial charge in [0.1, 0.15) is 5.75 Å². The van der Waals surface area contributed by atoms with Gasteiger partial charge in [-0.2, -0.15) is 0 Å². The fraction of sp³-hybridized carbons (Fsp3) is 0.450. The van der Waals surface area contributed by atoms with E-state index >= 15 is 0 Å². The maximum Gasteiger partial charge on any atom is 0.333 e. The first-order chi connectivity index (χ1) is 12.1. The molecule has 0 fully saturated rings. The Labute approximate surface area is 152 Å². The molecule has 0 saturated heterocycles. The van der Waals surface area contributed by atoms with Gasteiger partial charge >= 0.3 is 5.97 Å². The highest BCUT2D eigenvalue weighted by Gasteiger charge is 2.17. The first-order valence-electron chi connectivity index (χ1n) is 8.71. The fourth-order valence-corrected chi connectivity index (χ4v) is 3.00. The van der Waals surface area contributed by atoms with Gasteiger partial charge in [0.05, 0.1) is 6.61 Å². The third-order valence-corrected chi connectivity index (χ3v) is 4.50. The number of aliphatic carboxylic acids is 1. The van der Waals surface area contributed by atoms with Crippen LogP contribution in [-0.2, 0) is 16.0 Å². The van der Waals surface area contributed by atoms with E-state index < -0.39 is 12.1 Å². The van der Waals surface area contributed by atoms with Gasteiger partial charge in [0.25, 0.3) is 0 Å². The van der Waals surface area contributed by atoms with E-state index in [4.69, 9.17) is 14.6 Å². The minimum absolute atomic E-state index is 0.357. The van der Waals surface area contributed by atoms with Crippen LogP contribution in [0.2, 0.25) is 0 Å². The van der Waals surface area contributed by atoms with Crippen molar-refractivity contribution < 1.29 is 19.4 Å². The lowest BCUT2D eigenvalue weighted by atomic mass is 10.1. The number of ether oxygens (including phenoxy) is 2. The van der Waals surface area contributed by atoms with Crippen molar-refractivity contribution >= 4 is 14.6 Å². The Morgan fingerprint density at radius 2 is 2.00 bits per heavy atom. The number of rotatable bonds is 12. The molecule has 1 aromatic rings. The Morgan fingerprint density at radius 1 is 1.28 bits per heavy atom. The van der Waals surface area contributed by atoms with Crippen molar-refractivity contribution in [2.45, 2.75) is 39.7 Å². The van der Waals surface area contributed by atoms with Gasteiger partial charge in [-0.25, -0.2) is 4.79 Å². The highest BCUT2D eigenvalue weighted by atomic mass is 31.1. The molecule has 0 amide bonds. The third-order valence-electron chi connectivity index (χ3n) is 3.52. The summed E-state index contributed by atoms with van der Waals surface area (Å²) in [4.78, 5) is 11.1. The van der Waals surface area contributed by atoms with E-state index in [0.29, 0.717) is 19.6 Å². The van der Waals surface area contributed by atoms with Crippen LogP contribution in [0.5, 0.6) is 5.75 Å². The van der Waals surface area contributed by atoms with Crippen LogP contribution >= 0.6 is 8.58 Å². The van der Waals surface area contributed by atoms with E-state index in [1.54, 1.807) is 6.92 Å². The number of carboxylic acid groups (broad SMARTS) is 1. The molecule has 138 valence electrons. The number of allylic oxidation sites excluding steroid dienone is 2. The molecule has 0 radical (unpaired) electrons. The van der Waals surface area contributed by atoms with Gasteiger partial charge in [-0.05, 0) is 43.3 Å². The van der Waals surface area contributed by atoms with Gasteiger partial charge in [0.2, 0.25) is 0 Å². The summed E-state index contributed by atoms with van der Waals surface area (Å²) in [6, 6.07) is 7.55. The topological polar surface area (TPSA) is 55.8 Å². The number of benzene rings is 1. The molecular weight excluding hydrogens is 335 g/mol. The fourth-order valence-electron chi connectivity index (χ4n) is 2.29. The Balaban J connectivity index is 2.52. The van der Waals surface area contributed by atoms with Crippen LogP contribution < -0.4 is 4.74 Å². The van der Waals surface area contributed by atoms with Crippen molar-refractivity contribution in [3.63, 3.8) is 0 Å². The zero-order valence-electron chi connectivity index (χ0n) is 15.3. The van der Waals surface area contributed by atoms with Crippen molar-refractivity contribution in [1.82, 2.24) is 0 Å². The number of hydrogen-bond acceptors (Lipinski definition) is 3. The highest BCUT2D eigenvalue weighted by Crippen LogP contribution is 2.19. The molecule has 0 heterocycles. The minimum Gasteiger partial charge on any atom is -0.493 e. The Bertz CT molecular complexity index is 564. The average molecular weight is 364 g/mol. The number of carboxylic acids is 1. The molecule has 1 aromatic carbocycles. The second kappa shape index (κ2) is 12.7. The summed E-state index contributed by atoms with van der Waals surface area (Å²) in [5.41, 5.74) is 2.23. The Morgan fingerprint density at radius 3 is 2.56 bits per heavy atom. The second-order valence-electron chi connectivity index (χ2n) is 5.51. The molecule has 0 saturated carbocycles. The number of carbonyl (C=O) groups is 1. The van der Waals surface area contributed by atoms with Crippen molar-refractivity contribution in [3.8, 4) is 5.75 Å². The second-order valence-corrected chi connectivity index (χ2v) is 6.91. The molecular formula is C20H29O4P. The monoisotopic (exact) mass is 364 g/mol. The standard InChI is InChI=1S/C20H29O4P/c1-4-7-17(15-25-6-3)12-13-24-18-10-8-16(9-11-18)14-19(20(21)22)23-5-2/h4,7-11,15,19,25H,5-6,12-14H2,1-3H3,(H,21,22)/b7-4-,17-15+/t19-/m0/s1. The summed E-state index contributed by atoms with van der Waals surface area (Å²) < 4.78 is 11.0. The molecule has 25 heavy (non-hydrogen) atoms. The summed E-state index contributed by atoms with van der Waals surface area (Å²) in [5, 5.41) is 9.13. The average Bonchev–Trinajstić information content (AvgIpc) is 2.60. The van der Waals surface area contributed by atoms with E-state index in [1.165, 1.54) is 11.7 Å². The van der Waals surface area contributed by atoms with Crippen molar-refractivity contribution in [2.24, 2.45) is 0 Å². The van der Waals surface area contributed by atoms with Crippen molar-refractivity contribution in [3.05, 3.63) is 53.4 Å². The summed E-state index contributed by atoms with van der Waals surface area (Å²) in [6.45, 7) is 7.01. The first-order valence-corrected chi connectivity index (χ1v) is 10.00. The molecule has 1 rings (SSSR count). The van der Waals surface area contributed by atoms with Gasteiger partial charge in [-0.1, -0.05) is 45.6 Å². The summed E-state index contributed by atoms with van der Waals surface area (Å²) >= 11 is 0. The molecule has 0 aromatic heterocycles. The normalized spacial score (nSPS) is 13.6. The van der Waals surface area contributed by atoms with Gasteiger partial charge in [-0.15, -0.1) is 0 Å². The van der Waals surface area contributed by atoms with Crippen LogP contribution in [0, 0.1) is 0 Å². The lowest BCUT2D eigenvalue weighted by Gasteiger charge is -2.13. The zero-order valence-corrected chi connectivity index (χ0v) is 16.3. The summed E-state index contributed by atoms with van der Waals surface area (Å²) in [5.74, 6) is 2.15. The van der Waals surface area contributed by atoms with Crippen LogP contribution in [0.25, 0.3) is 0 Å². The van der Waals surface area contributed by atoms with E-state index in [-0.39, 0.29) is 0 Å². The molecule has 0 aliphatic heterocycles. The minimum atomic E-state index is -0.932. The van der Waals surface area contributed by atoms with Crippen LogP contribution in [0.3, 0.4) is 0 Å². The van der Waals surface area contributed by atoms with E-state index in [2.05, 4.69) is 24.9 Å². The molecule has 5 heteroatoms. The lowest BCUT2D eigenvalue weighted by molar-refractivity contribution is -0.149. The molecule has 2 atom stereocenters. The maximum absolute atomic E-state index is 11.1. The molecule has 0 aliphatic rings. The van der Waals surface area contributed by atoms with Gasteiger partial charge in [-0.3, -0.25) is 0 Å². The molecule has 0 aliphatic carbocycles. The first kappa shape index (κ1) is 21.4. The summed E-state index contributed by atoms with van der Waals surface area (Å²) in [6.07, 6.45) is 5.79. The molecule has 0 bridgehead atoms. The Hall–Kier alpha value is -1.64. The maximum atomic E-state index is 11.1. The predicted octanol–water partition coefficient (Wildman–Crippen LogP) is 4.65. The molecule has 1 N–H and O–H groups in total. The van der Waals surface area contributed by atoms with E-state index in [0.717, 1.165) is 26.3 Å². The van der Waals surface area contributed by atoms with Gasteiger partial charge in [0, 0.05) is 19.4 Å². The Kier molecular flexibility index (Phi) is 10.9. The predicted molar refractivity (Wildman–Crippen MR) is 105 cm³/mol. The van der Waals surface area contributed by atoms with Crippen molar-refractivity contribution in [2.75, 3.05) is 19.4 Å². The van der Waals surface area contributed by atoms with Crippen LogP contribution in [0.1, 0.15) is 32.8 Å². The van der Waals surface area contributed by atoms with Gasteiger partial charge in [0.15, 0.2) is 6.10 Å². The largest absolute Gasteiger partial charge is 0.493 e.